The van der Waals surface area contributed by atoms with Crippen molar-refractivity contribution in [3.05, 3.63) is 17.5 Å². The van der Waals surface area contributed by atoms with Crippen molar-refractivity contribution in [3.8, 4) is 0 Å². The Labute approximate surface area is 138 Å². The van der Waals surface area contributed by atoms with Gasteiger partial charge in [0.25, 0.3) is 0 Å². The smallest absolute Gasteiger partial charge is 0.225 e. The van der Waals surface area contributed by atoms with Gasteiger partial charge in [-0.2, -0.15) is 5.10 Å². The second-order valence-corrected chi connectivity index (χ2v) is 6.93. The van der Waals surface area contributed by atoms with Gasteiger partial charge < -0.3 is 11.1 Å². The molecule has 0 aromatic carbocycles. The first-order valence-corrected chi connectivity index (χ1v) is 8.09. The maximum atomic E-state index is 12.7. The molecule has 3 unspecified atom stereocenters. The van der Waals surface area contributed by atoms with Gasteiger partial charge in [-0.15, -0.1) is 12.4 Å². The summed E-state index contributed by atoms with van der Waals surface area (Å²) in [6, 6.07) is 0.104. The zero-order valence-electron chi connectivity index (χ0n) is 13.5. The second kappa shape index (κ2) is 6.59. The molecule has 0 aliphatic heterocycles. The second-order valence-electron chi connectivity index (χ2n) is 6.93. The molecule has 0 saturated heterocycles. The highest BCUT2D eigenvalue weighted by molar-refractivity contribution is 5.85. The highest BCUT2D eigenvalue weighted by atomic mass is 35.5. The molecule has 1 aromatic rings. The maximum Gasteiger partial charge on any atom is 0.225 e. The summed E-state index contributed by atoms with van der Waals surface area (Å²) in [7, 11) is 1.97. The van der Waals surface area contributed by atoms with E-state index < -0.39 is 0 Å². The number of fused-ring (bicyclic) bond motifs is 1. The summed E-state index contributed by atoms with van der Waals surface area (Å²) in [5, 5.41) is 7.58. The molecule has 5 nitrogen and oxygen atoms in total. The van der Waals surface area contributed by atoms with Crippen LogP contribution in [0, 0.1) is 5.92 Å². The average molecular weight is 327 g/mol. The fraction of sp³-hybridized carbons (Fsp3) is 0.750. The zero-order chi connectivity index (χ0) is 15.0. The number of hydrogen-bond donors (Lipinski definition) is 2. The third kappa shape index (κ3) is 3.15. The van der Waals surface area contributed by atoms with Gasteiger partial charge in [0.15, 0.2) is 0 Å². The first-order chi connectivity index (χ1) is 9.99. The number of carbonyl (C=O) groups excluding carboxylic acids is 1. The Balaban J connectivity index is 0.00000176. The molecule has 3 N–H and O–H groups in total. The van der Waals surface area contributed by atoms with E-state index in [1.807, 2.05) is 24.9 Å². The van der Waals surface area contributed by atoms with Crippen molar-refractivity contribution in [2.45, 2.75) is 63.5 Å². The minimum Gasteiger partial charge on any atom is -0.349 e. The van der Waals surface area contributed by atoms with Gasteiger partial charge in [0.2, 0.25) is 5.91 Å². The van der Waals surface area contributed by atoms with Crippen LogP contribution < -0.4 is 11.1 Å². The van der Waals surface area contributed by atoms with Crippen molar-refractivity contribution < 1.29 is 4.79 Å². The third-order valence-corrected chi connectivity index (χ3v) is 5.26. The zero-order valence-corrected chi connectivity index (χ0v) is 14.3. The largest absolute Gasteiger partial charge is 0.349 e. The van der Waals surface area contributed by atoms with Gasteiger partial charge in [-0.25, -0.2) is 0 Å². The molecule has 1 amide bonds. The van der Waals surface area contributed by atoms with E-state index in [4.69, 9.17) is 5.73 Å². The van der Waals surface area contributed by atoms with Crippen molar-refractivity contribution in [2.75, 3.05) is 0 Å². The number of halogens is 1. The molecule has 0 radical (unpaired) electrons. The van der Waals surface area contributed by atoms with Gasteiger partial charge in [-0.1, -0.05) is 12.8 Å². The first-order valence-electron chi connectivity index (χ1n) is 8.09. The van der Waals surface area contributed by atoms with Gasteiger partial charge >= 0.3 is 0 Å². The number of carbonyl (C=O) groups is 1. The van der Waals surface area contributed by atoms with Gasteiger partial charge in [0.1, 0.15) is 0 Å². The molecular weight excluding hydrogens is 300 g/mol. The lowest BCUT2D eigenvalue weighted by atomic mass is 9.74. The number of rotatable bonds is 2. The number of amides is 1. The summed E-state index contributed by atoms with van der Waals surface area (Å²) in [6.45, 7) is 2.02. The van der Waals surface area contributed by atoms with E-state index in [9.17, 15) is 4.79 Å². The van der Waals surface area contributed by atoms with E-state index in [1.165, 1.54) is 11.3 Å². The quantitative estimate of drug-likeness (QED) is 0.875. The Morgan fingerprint density at radius 2 is 2.18 bits per heavy atom. The van der Waals surface area contributed by atoms with E-state index in [-0.39, 0.29) is 35.8 Å². The molecule has 2 aliphatic rings. The lowest BCUT2D eigenvalue weighted by Crippen LogP contribution is -2.53. The Morgan fingerprint density at radius 1 is 1.41 bits per heavy atom. The third-order valence-electron chi connectivity index (χ3n) is 5.26. The van der Waals surface area contributed by atoms with Crippen LogP contribution in [-0.4, -0.2) is 21.2 Å². The molecular formula is C16H27ClN4O. The molecule has 3 rings (SSSR count). The van der Waals surface area contributed by atoms with Crippen LogP contribution >= 0.6 is 12.4 Å². The minimum atomic E-state index is -0.366. The summed E-state index contributed by atoms with van der Waals surface area (Å²) in [6.07, 6.45) is 9.14. The van der Waals surface area contributed by atoms with Crippen molar-refractivity contribution >= 4 is 18.3 Å². The van der Waals surface area contributed by atoms with Gasteiger partial charge in [0.05, 0.1) is 18.2 Å². The number of nitrogens with two attached hydrogens (primary N) is 1. The molecule has 6 heteroatoms. The van der Waals surface area contributed by atoms with E-state index in [0.717, 1.165) is 44.9 Å². The Kier molecular flexibility index (Phi) is 5.17. The first kappa shape index (κ1) is 17.3. The molecule has 0 spiro atoms. The molecule has 0 bridgehead atoms. The number of aryl methyl sites for hydroxylation is 1. The van der Waals surface area contributed by atoms with Crippen LogP contribution in [0.25, 0.3) is 0 Å². The SMILES string of the molecule is Cl.Cn1ncc2c1CCCC2NC(=O)C1CCCCC1(C)N. The van der Waals surface area contributed by atoms with Crippen molar-refractivity contribution in [1.29, 1.82) is 0 Å². The van der Waals surface area contributed by atoms with Gasteiger partial charge in [-0.3, -0.25) is 9.48 Å². The predicted molar refractivity (Wildman–Crippen MR) is 88.8 cm³/mol. The van der Waals surface area contributed by atoms with E-state index in [2.05, 4.69) is 10.4 Å². The molecule has 1 fully saturated rings. The number of nitrogens with zero attached hydrogens (tertiary/aromatic N) is 2. The summed E-state index contributed by atoms with van der Waals surface area (Å²) >= 11 is 0. The van der Waals surface area contributed by atoms with Crippen LogP contribution in [0.1, 0.15) is 62.7 Å². The number of nitrogens with one attached hydrogen (secondary N) is 1. The fourth-order valence-corrected chi connectivity index (χ4v) is 3.92. The van der Waals surface area contributed by atoms with E-state index >= 15 is 0 Å². The van der Waals surface area contributed by atoms with Gasteiger partial charge in [-0.05, 0) is 39.0 Å². The molecule has 22 heavy (non-hydrogen) atoms. The number of hydrogen-bond acceptors (Lipinski definition) is 3. The predicted octanol–water partition coefficient (Wildman–Crippen LogP) is 2.24. The highest BCUT2D eigenvalue weighted by Crippen LogP contribution is 2.34. The summed E-state index contributed by atoms with van der Waals surface area (Å²) in [5.41, 5.74) is 8.43. The Hall–Kier alpha value is -1.07. The molecule has 1 saturated carbocycles. The average Bonchev–Trinajstić information content (AvgIpc) is 2.81. The highest BCUT2D eigenvalue weighted by Gasteiger charge is 2.39. The molecule has 2 aliphatic carbocycles. The Bertz CT molecular complexity index is 540. The van der Waals surface area contributed by atoms with Gasteiger partial charge in [0, 0.05) is 23.8 Å². The Morgan fingerprint density at radius 3 is 2.91 bits per heavy atom. The van der Waals surface area contributed by atoms with E-state index in [1.54, 1.807) is 0 Å². The maximum absolute atomic E-state index is 12.7. The normalized spacial score (nSPS) is 31.0. The van der Waals surface area contributed by atoms with Crippen LogP contribution in [0.3, 0.4) is 0 Å². The minimum absolute atomic E-state index is 0. The van der Waals surface area contributed by atoms with Crippen LogP contribution in [0.5, 0.6) is 0 Å². The van der Waals surface area contributed by atoms with Crippen molar-refractivity contribution in [3.63, 3.8) is 0 Å². The van der Waals surface area contributed by atoms with Crippen LogP contribution in [-0.2, 0) is 18.3 Å². The summed E-state index contributed by atoms with van der Waals surface area (Å²) in [5.74, 6) is 0.0645. The van der Waals surface area contributed by atoms with E-state index in [0.29, 0.717) is 0 Å². The van der Waals surface area contributed by atoms with Crippen molar-refractivity contribution in [1.82, 2.24) is 15.1 Å². The monoisotopic (exact) mass is 326 g/mol. The standard InChI is InChI=1S/C16H26N4O.ClH/c1-16(17)9-4-3-6-12(16)15(21)19-13-7-5-8-14-11(13)10-18-20(14)2;/h10,12-13H,3-9,17H2,1-2H3,(H,19,21);1H. The van der Waals surface area contributed by atoms with Crippen molar-refractivity contribution in [2.24, 2.45) is 18.7 Å². The molecule has 3 atom stereocenters. The number of aromatic nitrogens is 2. The summed E-state index contributed by atoms with van der Waals surface area (Å²) in [4.78, 5) is 12.7. The lowest BCUT2D eigenvalue weighted by Gasteiger charge is -2.38. The molecule has 1 aromatic heterocycles. The topological polar surface area (TPSA) is 72.9 Å². The lowest BCUT2D eigenvalue weighted by molar-refractivity contribution is -0.129. The molecule has 124 valence electrons. The summed E-state index contributed by atoms with van der Waals surface area (Å²) < 4.78 is 1.93. The van der Waals surface area contributed by atoms with Crippen LogP contribution in [0.4, 0.5) is 0 Å². The molecule has 1 heterocycles. The van der Waals surface area contributed by atoms with Crippen LogP contribution in [0.15, 0.2) is 6.20 Å². The fourth-order valence-electron chi connectivity index (χ4n) is 3.92. The van der Waals surface area contributed by atoms with Crippen LogP contribution in [0.2, 0.25) is 0 Å².